The zero-order chi connectivity index (χ0) is 18.1. The van der Waals surface area contributed by atoms with Crippen LogP contribution in [0.5, 0.6) is 5.75 Å². The number of nitro benzene ring substituents is 1. The third-order valence-electron chi connectivity index (χ3n) is 3.44. The van der Waals surface area contributed by atoms with Crippen LogP contribution in [0.25, 0.3) is 10.1 Å². The zero-order valence-corrected chi connectivity index (χ0v) is 15.0. The molecule has 6 nitrogen and oxygen atoms in total. The Hall–Kier alpha value is -2.35. The molecular formula is C16H10Cl2N2O4S. The van der Waals surface area contributed by atoms with Crippen LogP contribution in [0.4, 0.5) is 11.4 Å². The Morgan fingerprint density at radius 3 is 2.68 bits per heavy atom. The fourth-order valence-electron chi connectivity index (χ4n) is 2.27. The number of carbonyl (C=O) groups is 1. The molecule has 0 aliphatic rings. The Labute approximate surface area is 156 Å². The maximum Gasteiger partial charge on any atom is 0.271 e. The maximum atomic E-state index is 12.6. The number of hydrogen-bond donors (Lipinski definition) is 1. The van der Waals surface area contributed by atoms with E-state index in [0.717, 1.165) is 4.70 Å². The van der Waals surface area contributed by atoms with E-state index in [-0.39, 0.29) is 16.3 Å². The van der Waals surface area contributed by atoms with E-state index < -0.39 is 10.8 Å². The molecule has 0 spiro atoms. The summed E-state index contributed by atoms with van der Waals surface area (Å²) in [4.78, 5) is 23.3. The molecule has 1 amide bonds. The predicted octanol–water partition coefficient (Wildman–Crippen LogP) is 5.38. The van der Waals surface area contributed by atoms with Crippen molar-refractivity contribution >= 4 is 61.9 Å². The SMILES string of the molecule is COc1ccc([N+](=O)[O-])cc1NC(=O)c1sc2cc(Cl)ccc2c1Cl. The van der Waals surface area contributed by atoms with E-state index >= 15 is 0 Å². The van der Waals surface area contributed by atoms with Crippen molar-refractivity contribution in [2.24, 2.45) is 0 Å². The number of nitrogens with one attached hydrogen (secondary N) is 1. The number of benzene rings is 2. The summed E-state index contributed by atoms with van der Waals surface area (Å²) >= 11 is 13.4. The standard InChI is InChI=1S/C16H10Cl2N2O4S/c1-24-12-5-3-9(20(22)23)7-11(12)19-16(21)15-14(18)10-4-2-8(17)6-13(10)25-15/h2-7H,1H3,(H,19,21). The number of amides is 1. The normalized spacial score (nSPS) is 10.7. The lowest BCUT2D eigenvalue weighted by Crippen LogP contribution is -2.11. The van der Waals surface area contributed by atoms with Crippen molar-refractivity contribution in [3.8, 4) is 5.75 Å². The first kappa shape index (κ1) is 17.5. The van der Waals surface area contributed by atoms with Gasteiger partial charge in [-0.2, -0.15) is 0 Å². The number of ether oxygens (including phenoxy) is 1. The highest BCUT2D eigenvalue weighted by Crippen LogP contribution is 2.38. The van der Waals surface area contributed by atoms with Gasteiger partial charge in [0.2, 0.25) is 0 Å². The van der Waals surface area contributed by atoms with Gasteiger partial charge in [0, 0.05) is 27.2 Å². The van der Waals surface area contributed by atoms with Crippen LogP contribution in [0.2, 0.25) is 10.0 Å². The number of rotatable bonds is 4. The molecule has 0 saturated heterocycles. The minimum absolute atomic E-state index is 0.162. The molecule has 2 aromatic carbocycles. The summed E-state index contributed by atoms with van der Waals surface area (Å²) in [6, 6.07) is 9.09. The zero-order valence-electron chi connectivity index (χ0n) is 12.7. The van der Waals surface area contributed by atoms with Gasteiger partial charge >= 0.3 is 0 Å². The largest absolute Gasteiger partial charge is 0.495 e. The quantitative estimate of drug-likeness (QED) is 0.474. The van der Waals surface area contributed by atoms with Crippen molar-refractivity contribution in [1.29, 1.82) is 0 Å². The van der Waals surface area contributed by atoms with Crippen molar-refractivity contribution in [1.82, 2.24) is 0 Å². The molecule has 3 aromatic rings. The molecule has 0 unspecified atom stereocenters. The fourth-order valence-corrected chi connectivity index (χ4v) is 3.96. The van der Waals surface area contributed by atoms with E-state index in [2.05, 4.69) is 5.32 Å². The van der Waals surface area contributed by atoms with Gasteiger partial charge in [-0.25, -0.2) is 0 Å². The van der Waals surface area contributed by atoms with Crippen LogP contribution in [0.1, 0.15) is 9.67 Å². The summed E-state index contributed by atoms with van der Waals surface area (Å²) in [5.41, 5.74) is 0.0265. The van der Waals surface area contributed by atoms with Crippen LogP contribution in [-0.4, -0.2) is 17.9 Å². The first-order valence-corrected chi connectivity index (χ1v) is 8.49. The average Bonchev–Trinajstić information content (AvgIpc) is 2.90. The molecule has 0 radical (unpaired) electrons. The first-order chi connectivity index (χ1) is 11.9. The monoisotopic (exact) mass is 396 g/mol. The van der Waals surface area contributed by atoms with E-state index in [1.54, 1.807) is 18.2 Å². The number of thiophene rings is 1. The lowest BCUT2D eigenvalue weighted by Gasteiger charge is -2.09. The number of nitro groups is 1. The lowest BCUT2D eigenvalue weighted by atomic mass is 10.2. The topological polar surface area (TPSA) is 81.5 Å². The Kier molecular flexibility index (Phi) is 4.80. The molecule has 9 heteroatoms. The smallest absolute Gasteiger partial charge is 0.271 e. The Bertz CT molecular complexity index is 1000. The molecule has 0 fully saturated rings. The number of fused-ring (bicyclic) bond motifs is 1. The van der Waals surface area contributed by atoms with E-state index in [9.17, 15) is 14.9 Å². The van der Waals surface area contributed by atoms with Crippen molar-refractivity contribution in [2.45, 2.75) is 0 Å². The summed E-state index contributed by atoms with van der Waals surface area (Å²) < 4.78 is 5.91. The van der Waals surface area contributed by atoms with Crippen LogP contribution >= 0.6 is 34.5 Å². The van der Waals surface area contributed by atoms with Crippen LogP contribution in [-0.2, 0) is 0 Å². The molecule has 1 heterocycles. The molecule has 0 saturated carbocycles. The van der Waals surface area contributed by atoms with Crippen LogP contribution in [0, 0.1) is 10.1 Å². The van der Waals surface area contributed by atoms with Gasteiger partial charge in [-0.05, 0) is 18.2 Å². The van der Waals surface area contributed by atoms with E-state index in [1.165, 1.54) is 36.6 Å². The molecule has 0 atom stereocenters. The van der Waals surface area contributed by atoms with Gasteiger partial charge in [-0.15, -0.1) is 11.3 Å². The second-order valence-electron chi connectivity index (χ2n) is 4.98. The van der Waals surface area contributed by atoms with Crippen molar-refractivity contribution < 1.29 is 14.5 Å². The third-order valence-corrected chi connectivity index (χ3v) is 5.33. The molecule has 128 valence electrons. The minimum atomic E-state index is -0.552. The Morgan fingerprint density at radius 1 is 1.24 bits per heavy atom. The summed E-state index contributed by atoms with van der Waals surface area (Å²) in [5.74, 6) is -0.180. The minimum Gasteiger partial charge on any atom is -0.495 e. The van der Waals surface area contributed by atoms with Gasteiger partial charge in [-0.3, -0.25) is 14.9 Å². The highest BCUT2D eigenvalue weighted by molar-refractivity contribution is 7.21. The molecule has 0 bridgehead atoms. The molecule has 25 heavy (non-hydrogen) atoms. The molecule has 1 aromatic heterocycles. The van der Waals surface area contributed by atoms with E-state index in [0.29, 0.717) is 21.2 Å². The summed E-state index contributed by atoms with van der Waals surface area (Å²) in [7, 11) is 1.41. The second-order valence-corrected chi connectivity index (χ2v) is 6.85. The van der Waals surface area contributed by atoms with Gasteiger partial charge in [0.1, 0.15) is 10.6 Å². The molecule has 3 rings (SSSR count). The average molecular weight is 397 g/mol. The van der Waals surface area contributed by atoms with Gasteiger partial charge in [0.05, 0.1) is 22.7 Å². The Morgan fingerprint density at radius 2 is 2.00 bits per heavy atom. The fraction of sp³-hybridized carbons (Fsp3) is 0.0625. The predicted molar refractivity (Wildman–Crippen MR) is 99.4 cm³/mol. The van der Waals surface area contributed by atoms with Crippen molar-refractivity contribution in [3.63, 3.8) is 0 Å². The van der Waals surface area contributed by atoms with Crippen LogP contribution in [0.15, 0.2) is 36.4 Å². The van der Waals surface area contributed by atoms with Gasteiger partial charge in [0.25, 0.3) is 11.6 Å². The number of anilines is 1. The lowest BCUT2D eigenvalue weighted by molar-refractivity contribution is -0.384. The van der Waals surface area contributed by atoms with Crippen molar-refractivity contribution in [3.05, 3.63) is 61.4 Å². The summed E-state index contributed by atoms with van der Waals surface area (Å²) in [6.45, 7) is 0. The number of methoxy groups -OCH3 is 1. The van der Waals surface area contributed by atoms with E-state index in [4.69, 9.17) is 27.9 Å². The van der Waals surface area contributed by atoms with E-state index in [1.807, 2.05) is 0 Å². The second kappa shape index (κ2) is 6.87. The third kappa shape index (κ3) is 3.39. The van der Waals surface area contributed by atoms with Gasteiger partial charge in [0.15, 0.2) is 0 Å². The number of carbonyl (C=O) groups excluding carboxylic acids is 1. The number of nitrogens with zero attached hydrogens (tertiary/aromatic N) is 1. The molecular weight excluding hydrogens is 387 g/mol. The highest BCUT2D eigenvalue weighted by Gasteiger charge is 2.20. The molecule has 0 aliphatic carbocycles. The Balaban J connectivity index is 1.99. The summed E-state index contributed by atoms with van der Waals surface area (Å²) in [6.07, 6.45) is 0. The molecule has 1 N–H and O–H groups in total. The first-order valence-electron chi connectivity index (χ1n) is 6.92. The van der Waals surface area contributed by atoms with Crippen LogP contribution < -0.4 is 10.1 Å². The van der Waals surface area contributed by atoms with Crippen LogP contribution in [0.3, 0.4) is 0 Å². The van der Waals surface area contributed by atoms with Gasteiger partial charge in [-0.1, -0.05) is 29.3 Å². The summed E-state index contributed by atoms with van der Waals surface area (Å²) in [5, 5.41) is 15.1. The highest BCUT2D eigenvalue weighted by atomic mass is 35.5. The maximum absolute atomic E-state index is 12.6. The van der Waals surface area contributed by atoms with Crippen molar-refractivity contribution in [2.75, 3.05) is 12.4 Å². The van der Waals surface area contributed by atoms with Gasteiger partial charge < -0.3 is 10.1 Å². The number of hydrogen-bond acceptors (Lipinski definition) is 5. The molecule has 0 aliphatic heterocycles. The number of non-ortho nitro benzene ring substituents is 1. The number of halogens is 2.